The largest absolute Gasteiger partial charge is 0.496 e. The van der Waals surface area contributed by atoms with Gasteiger partial charge in [0.05, 0.1) is 13.3 Å². The van der Waals surface area contributed by atoms with Crippen molar-refractivity contribution in [1.82, 2.24) is 5.43 Å². The third kappa shape index (κ3) is 3.99. The minimum absolute atomic E-state index is 0.0829. The molecular weight excluding hydrogens is 374 g/mol. The molecule has 1 N–H and O–H groups in total. The Bertz CT molecular complexity index is 907. The summed E-state index contributed by atoms with van der Waals surface area (Å²) in [7, 11) is 3.76. The predicted molar refractivity (Wildman–Crippen MR) is 115 cm³/mol. The van der Waals surface area contributed by atoms with E-state index in [-0.39, 0.29) is 11.4 Å². The normalized spacial score (nSPS) is 18.1. The van der Waals surface area contributed by atoms with E-state index >= 15 is 0 Å². The van der Waals surface area contributed by atoms with Crippen LogP contribution in [0.25, 0.3) is 0 Å². The zero-order valence-corrected chi connectivity index (χ0v) is 17.7. The van der Waals surface area contributed by atoms with E-state index in [4.69, 9.17) is 16.3 Å². The number of ether oxygens (including phenoxy) is 1. The van der Waals surface area contributed by atoms with Gasteiger partial charge in [0.2, 0.25) is 0 Å². The fraction of sp³-hybridized carbons (Fsp3) is 0.364. The summed E-state index contributed by atoms with van der Waals surface area (Å²) in [6.45, 7) is 6.74. The maximum Gasteiger partial charge on any atom is 0.271 e. The molecule has 0 saturated heterocycles. The van der Waals surface area contributed by atoms with E-state index in [2.05, 4.69) is 55.4 Å². The smallest absolute Gasteiger partial charge is 0.271 e. The first-order valence-electron chi connectivity index (χ1n) is 9.27. The molecule has 1 amide bonds. The number of methoxy groups -OCH3 is 1. The number of amides is 1. The molecule has 0 fully saturated rings. The van der Waals surface area contributed by atoms with Gasteiger partial charge in [-0.25, -0.2) is 5.43 Å². The molecule has 3 rings (SSSR count). The van der Waals surface area contributed by atoms with Gasteiger partial charge in [-0.2, -0.15) is 5.10 Å². The molecule has 148 valence electrons. The maximum absolute atomic E-state index is 12.2. The second kappa shape index (κ2) is 7.84. The molecule has 2 aromatic carbocycles. The highest BCUT2D eigenvalue weighted by Gasteiger charge is 2.34. The lowest BCUT2D eigenvalue weighted by Crippen LogP contribution is -2.45. The molecule has 0 aliphatic carbocycles. The van der Waals surface area contributed by atoms with Crippen LogP contribution in [-0.2, 0) is 0 Å². The molecule has 1 aliphatic heterocycles. The van der Waals surface area contributed by atoms with Gasteiger partial charge >= 0.3 is 0 Å². The van der Waals surface area contributed by atoms with Crippen LogP contribution in [0, 0.1) is 0 Å². The van der Waals surface area contributed by atoms with Crippen molar-refractivity contribution < 1.29 is 9.53 Å². The number of hydrogen-bond donors (Lipinski definition) is 1. The molecule has 0 radical (unpaired) electrons. The first kappa shape index (κ1) is 20.2. The van der Waals surface area contributed by atoms with Crippen molar-refractivity contribution in [2.45, 2.75) is 38.6 Å². The van der Waals surface area contributed by atoms with Crippen molar-refractivity contribution in [2.75, 3.05) is 19.1 Å². The Kier molecular flexibility index (Phi) is 5.66. The van der Waals surface area contributed by atoms with E-state index in [1.165, 1.54) is 11.3 Å². The minimum atomic E-state index is -0.292. The quantitative estimate of drug-likeness (QED) is 0.591. The molecular formula is C22H26ClN3O2. The highest BCUT2D eigenvalue weighted by molar-refractivity contribution is 6.30. The molecule has 5 nitrogen and oxygen atoms in total. The zero-order chi connectivity index (χ0) is 20.5. The van der Waals surface area contributed by atoms with Gasteiger partial charge in [-0.05, 0) is 62.1 Å². The van der Waals surface area contributed by atoms with Crippen molar-refractivity contribution in [3.63, 3.8) is 0 Å². The summed E-state index contributed by atoms with van der Waals surface area (Å²) in [6.07, 6.45) is 2.69. The van der Waals surface area contributed by atoms with Crippen LogP contribution in [0.3, 0.4) is 0 Å². The molecule has 1 atom stereocenters. The summed E-state index contributed by atoms with van der Waals surface area (Å²) in [5, 5.41) is 4.70. The lowest BCUT2D eigenvalue weighted by molar-refractivity contribution is 0.0955. The molecule has 0 spiro atoms. The topological polar surface area (TPSA) is 53.9 Å². The Balaban J connectivity index is 1.84. The van der Waals surface area contributed by atoms with Crippen LogP contribution < -0.4 is 15.1 Å². The van der Waals surface area contributed by atoms with Gasteiger partial charge < -0.3 is 9.64 Å². The monoisotopic (exact) mass is 399 g/mol. The maximum atomic E-state index is 12.2. The zero-order valence-electron chi connectivity index (χ0n) is 16.9. The fourth-order valence-electron chi connectivity index (χ4n) is 3.71. The summed E-state index contributed by atoms with van der Waals surface area (Å²) in [6, 6.07) is 10.8. The second-order valence-electron chi connectivity index (χ2n) is 7.84. The number of rotatable bonds is 4. The number of anilines is 1. The SMILES string of the molecule is COc1cc2c(cc1/C=N\NC(=O)c1ccc(Cl)cc1)C(C)CC(C)(C)N2C. The van der Waals surface area contributed by atoms with Crippen LogP contribution in [-0.4, -0.2) is 31.8 Å². The Morgan fingerprint density at radius 1 is 1.32 bits per heavy atom. The Labute approximate surface area is 171 Å². The standard InChI is InChI=1S/C22H26ClN3O2/c1-14-12-22(2,3)26(4)19-11-20(28-5)16(10-18(14)19)13-24-25-21(27)15-6-8-17(23)9-7-15/h6-11,13-14H,12H2,1-5H3,(H,25,27)/b24-13-. The molecule has 1 aliphatic rings. The molecule has 28 heavy (non-hydrogen) atoms. The van der Waals surface area contributed by atoms with Gasteiger partial charge in [0, 0.05) is 40.5 Å². The predicted octanol–water partition coefficient (Wildman–Crippen LogP) is 4.83. The Hall–Kier alpha value is -2.53. The summed E-state index contributed by atoms with van der Waals surface area (Å²) in [5.41, 5.74) is 6.39. The van der Waals surface area contributed by atoms with E-state index in [1.807, 2.05) is 0 Å². The summed E-state index contributed by atoms with van der Waals surface area (Å²) in [4.78, 5) is 14.5. The highest BCUT2D eigenvalue weighted by atomic mass is 35.5. The van der Waals surface area contributed by atoms with E-state index in [1.54, 1.807) is 37.6 Å². The number of benzene rings is 2. The number of fused-ring (bicyclic) bond motifs is 1. The van der Waals surface area contributed by atoms with Crippen molar-refractivity contribution in [2.24, 2.45) is 5.10 Å². The Morgan fingerprint density at radius 3 is 2.64 bits per heavy atom. The molecule has 0 saturated carbocycles. The van der Waals surface area contributed by atoms with E-state index < -0.39 is 0 Å². The number of hydrogen-bond acceptors (Lipinski definition) is 4. The van der Waals surface area contributed by atoms with Gasteiger partial charge in [0.15, 0.2) is 0 Å². The molecule has 0 aromatic heterocycles. The second-order valence-corrected chi connectivity index (χ2v) is 8.27. The lowest BCUT2D eigenvalue weighted by Gasteiger charge is -2.45. The first-order chi connectivity index (χ1) is 13.2. The number of nitrogens with one attached hydrogen (secondary N) is 1. The van der Waals surface area contributed by atoms with Crippen LogP contribution in [0.2, 0.25) is 5.02 Å². The van der Waals surface area contributed by atoms with E-state index in [0.717, 1.165) is 17.7 Å². The van der Waals surface area contributed by atoms with Crippen LogP contribution in [0.4, 0.5) is 5.69 Å². The summed E-state index contributed by atoms with van der Waals surface area (Å²) in [5.74, 6) is 0.850. The number of halogens is 1. The summed E-state index contributed by atoms with van der Waals surface area (Å²) >= 11 is 5.85. The highest BCUT2D eigenvalue weighted by Crippen LogP contribution is 2.44. The molecule has 2 aromatic rings. The van der Waals surface area contributed by atoms with Crippen LogP contribution in [0.1, 0.15) is 54.6 Å². The lowest BCUT2D eigenvalue weighted by atomic mass is 9.80. The number of carbonyl (C=O) groups is 1. The average molecular weight is 400 g/mol. The van der Waals surface area contributed by atoms with Crippen molar-refractivity contribution in [3.05, 3.63) is 58.1 Å². The molecule has 1 heterocycles. The van der Waals surface area contributed by atoms with Crippen LogP contribution >= 0.6 is 11.6 Å². The molecule has 1 unspecified atom stereocenters. The minimum Gasteiger partial charge on any atom is -0.496 e. The third-order valence-corrected chi connectivity index (χ3v) is 5.71. The number of carbonyl (C=O) groups excluding carboxylic acids is 1. The number of nitrogens with zero attached hydrogens (tertiary/aromatic N) is 2. The van der Waals surface area contributed by atoms with E-state index in [0.29, 0.717) is 16.5 Å². The van der Waals surface area contributed by atoms with Gasteiger partial charge in [0.25, 0.3) is 5.91 Å². The van der Waals surface area contributed by atoms with Crippen molar-refractivity contribution >= 4 is 29.4 Å². The Morgan fingerprint density at radius 2 is 2.00 bits per heavy atom. The number of hydrazone groups is 1. The molecule has 6 heteroatoms. The molecule has 0 bridgehead atoms. The van der Waals surface area contributed by atoms with Gasteiger partial charge in [-0.3, -0.25) is 4.79 Å². The fourth-order valence-corrected chi connectivity index (χ4v) is 3.84. The first-order valence-corrected chi connectivity index (χ1v) is 9.65. The third-order valence-electron chi connectivity index (χ3n) is 5.46. The van der Waals surface area contributed by atoms with E-state index in [9.17, 15) is 4.79 Å². The summed E-state index contributed by atoms with van der Waals surface area (Å²) < 4.78 is 5.57. The van der Waals surface area contributed by atoms with Gasteiger partial charge in [-0.1, -0.05) is 18.5 Å². The van der Waals surface area contributed by atoms with Gasteiger partial charge in [0.1, 0.15) is 5.75 Å². The van der Waals surface area contributed by atoms with Crippen molar-refractivity contribution in [1.29, 1.82) is 0 Å². The van der Waals surface area contributed by atoms with Crippen LogP contribution in [0.15, 0.2) is 41.5 Å². The van der Waals surface area contributed by atoms with Crippen molar-refractivity contribution in [3.8, 4) is 5.75 Å². The van der Waals surface area contributed by atoms with Gasteiger partial charge in [-0.15, -0.1) is 0 Å². The average Bonchev–Trinajstić information content (AvgIpc) is 2.66. The van der Waals surface area contributed by atoms with Crippen LogP contribution in [0.5, 0.6) is 5.75 Å².